The number of halogens is 2. The molecule has 22 heavy (non-hydrogen) atoms. The highest BCUT2D eigenvalue weighted by Crippen LogP contribution is 2.31. The lowest BCUT2D eigenvalue weighted by atomic mass is 10.1. The Morgan fingerprint density at radius 1 is 1.23 bits per heavy atom. The first-order valence-electron chi connectivity index (χ1n) is 7.60. The molecule has 1 aromatic rings. The molecular weight excluding hydrogens is 307 g/mol. The van der Waals surface area contributed by atoms with Gasteiger partial charge < -0.3 is 9.80 Å². The van der Waals surface area contributed by atoms with Crippen molar-refractivity contribution in [1.29, 1.82) is 0 Å². The summed E-state index contributed by atoms with van der Waals surface area (Å²) >= 11 is 5.46. The van der Waals surface area contributed by atoms with E-state index in [0.717, 1.165) is 25.9 Å². The molecule has 6 heteroatoms. The molecule has 0 saturated carbocycles. The Kier molecular flexibility index (Phi) is 4.34. The third kappa shape index (κ3) is 2.95. The van der Waals surface area contributed by atoms with Gasteiger partial charge in [0, 0.05) is 31.7 Å². The van der Waals surface area contributed by atoms with Crippen LogP contribution in [0.15, 0.2) is 18.2 Å². The molecule has 0 unspecified atom stereocenters. The smallest absolute Gasteiger partial charge is 0.227 e. The van der Waals surface area contributed by atoms with Crippen molar-refractivity contribution in [3.63, 3.8) is 0 Å². The summed E-state index contributed by atoms with van der Waals surface area (Å²) in [5.41, 5.74) is 1.07. The average Bonchev–Trinajstić information content (AvgIpc) is 2.90. The van der Waals surface area contributed by atoms with Crippen molar-refractivity contribution in [3.05, 3.63) is 24.0 Å². The van der Waals surface area contributed by atoms with Crippen molar-refractivity contribution in [2.24, 2.45) is 5.92 Å². The van der Waals surface area contributed by atoms with Crippen LogP contribution in [0, 0.1) is 11.7 Å². The molecule has 0 N–H and O–H groups in total. The van der Waals surface area contributed by atoms with Crippen molar-refractivity contribution in [3.8, 4) is 0 Å². The predicted octanol–water partition coefficient (Wildman–Crippen LogP) is 2.93. The molecule has 0 radical (unpaired) electrons. The highest BCUT2D eigenvalue weighted by Gasteiger charge is 2.34. The lowest BCUT2D eigenvalue weighted by molar-refractivity contribution is -0.120. The van der Waals surface area contributed by atoms with E-state index in [1.807, 2.05) is 4.90 Å². The van der Waals surface area contributed by atoms with E-state index >= 15 is 0 Å². The molecule has 2 aliphatic heterocycles. The van der Waals surface area contributed by atoms with E-state index in [2.05, 4.69) is 0 Å². The number of nitrogens with zero attached hydrogens (tertiary/aromatic N) is 2. The minimum Gasteiger partial charge on any atom is -0.369 e. The summed E-state index contributed by atoms with van der Waals surface area (Å²) in [6.07, 6.45) is 3.43. The highest BCUT2D eigenvalue weighted by molar-refractivity contribution is 6.64. The predicted molar refractivity (Wildman–Crippen MR) is 83.8 cm³/mol. The average molecular weight is 325 g/mol. The number of carbonyl (C=O) groups excluding carboxylic acids is 2. The van der Waals surface area contributed by atoms with Crippen LogP contribution in [-0.4, -0.2) is 30.8 Å². The highest BCUT2D eigenvalue weighted by atomic mass is 35.5. The fourth-order valence-corrected chi connectivity index (χ4v) is 3.31. The van der Waals surface area contributed by atoms with Gasteiger partial charge >= 0.3 is 0 Å². The Morgan fingerprint density at radius 3 is 2.55 bits per heavy atom. The fraction of sp³-hybridized carbons (Fsp3) is 0.500. The van der Waals surface area contributed by atoms with Gasteiger partial charge in [0.25, 0.3) is 0 Å². The van der Waals surface area contributed by atoms with Crippen molar-refractivity contribution in [2.45, 2.75) is 25.7 Å². The first kappa shape index (κ1) is 15.3. The summed E-state index contributed by atoms with van der Waals surface area (Å²) in [6.45, 7) is 1.95. The second kappa shape index (κ2) is 6.24. The van der Waals surface area contributed by atoms with Crippen LogP contribution >= 0.6 is 11.6 Å². The maximum absolute atomic E-state index is 14.4. The summed E-state index contributed by atoms with van der Waals surface area (Å²) in [5.74, 6) is -1.02. The largest absolute Gasteiger partial charge is 0.369 e. The third-order valence-electron chi connectivity index (χ3n) is 4.39. The molecule has 0 bridgehead atoms. The van der Waals surface area contributed by atoms with Gasteiger partial charge in [0.15, 0.2) is 0 Å². The van der Waals surface area contributed by atoms with Gasteiger partial charge in [0.05, 0.1) is 11.6 Å². The van der Waals surface area contributed by atoms with Gasteiger partial charge in [-0.05, 0) is 49.1 Å². The molecular formula is C16H18ClFN2O2. The number of hydrogen-bond acceptors (Lipinski definition) is 3. The third-order valence-corrected chi connectivity index (χ3v) is 4.69. The van der Waals surface area contributed by atoms with Crippen LogP contribution in [0.4, 0.5) is 15.8 Å². The molecule has 1 amide bonds. The van der Waals surface area contributed by atoms with E-state index in [1.165, 1.54) is 17.4 Å². The van der Waals surface area contributed by atoms with E-state index in [1.54, 1.807) is 12.1 Å². The molecule has 0 spiro atoms. The summed E-state index contributed by atoms with van der Waals surface area (Å²) in [4.78, 5) is 26.7. The lowest BCUT2D eigenvalue weighted by Gasteiger charge is -2.29. The topological polar surface area (TPSA) is 40.6 Å². The van der Waals surface area contributed by atoms with Crippen LogP contribution < -0.4 is 9.80 Å². The zero-order valence-corrected chi connectivity index (χ0v) is 13.0. The summed E-state index contributed by atoms with van der Waals surface area (Å²) in [5, 5.41) is -0.513. The molecule has 0 aliphatic carbocycles. The fourth-order valence-electron chi connectivity index (χ4n) is 3.16. The van der Waals surface area contributed by atoms with E-state index in [-0.39, 0.29) is 24.7 Å². The van der Waals surface area contributed by atoms with E-state index in [9.17, 15) is 14.0 Å². The first-order chi connectivity index (χ1) is 10.6. The molecule has 3 rings (SSSR count). The zero-order chi connectivity index (χ0) is 15.7. The van der Waals surface area contributed by atoms with E-state index in [0.29, 0.717) is 11.4 Å². The minimum absolute atomic E-state index is 0.0951. The minimum atomic E-state index is -0.513. The number of benzene rings is 1. The maximum Gasteiger partial charge on any atom is 0.227 e. The van der Waals surface area contributed by atoms with Gasteiger partial charge in [-0.15, -0.1) is 0 Å². The lowest BCUT2D eigenvalue weighted by Crippen LogP contribution is -2.30. The Balaban J connectivity index is 1.80. The van der Waals surface area contributed by atoms with Crippen LogP contribution in [0.25, 0.3) is 0 Å². The zero-order valence-electron chi connectivity index (χ0n) is 12.2. The Morgan fingerprint density at radius 2 is 1.95 bits per heavy atom. The van der Waals surface area contributed by atoms with Gasteiger partial charge in [-0.1, -0.05) is 0 Å². The number of hydrogen-bond donors (Lipinski definition) is 0. The Bertz CT molecular complexity index is 602. The molecule has 1 atom stereocenters. The second-order valence-electron chi connectivity index (χ2n) is 5.89. The number of piperidine rings is 1. The van der Waals surface area contributed by atoms with Gasteiger partial charge in [-0.25, -0.2) is 4.39 Å². The van der Waals surface area contributed by atoms with Crippen molar-refractivity contribution >= 4 is 34.1 Å². The maximum atomic E-state index is 14.4. The molecule has 2 fully saturated rings. The Hall–Kier alpha value is -1.62. The quantitative estimate of drug-likeness (QED) is 0.803. The van der Waals surface area contributed by atoms with E-state index in [4.69, 9.17) is 11.6 Å². The van der Waals surface area contributed by atoms with Crippen molar-refractivity contribution in [2.75, 3.05) is 29.4 Å². The van der Waals surface area contributed by atoms with Gasteiger partial charge in [0.1, 0.15) is 5.82 Å². The molecule has 2 saturated heterocycles. The summed E-state index contributed by atoms with van der Waals surface area (Å²) < 4.78 is 14.4. The summed E-state index contributed by atoms with van der Waals surface area (Å²) in [7, 11) is 0. The molecule has 1 aromatic carbocycles. The number of amides is 1. The van der Waals surface area contributed by atoms with Crippen molar-refractivity contribution in [1.82, 2.24) is 0 Å². The molecule has 4 nitrogen and oxygen atoms in total. The van der Waals surface area contributed by atoms with Gasteiger partial charge in [-0.3, -0.25) is 9.59 Å². The molecule has 2 heterocycles. The van der Waals surface area contributed by atoms with Crippen LogP contribution in [-0.2, 0) is 9.59 Å². The number of rotatable bonds is 3. The van der Waals surface area contributed by atoms with Crippen LogP contribution in [0.2, 0.25) is 0 Å². The standard InChI is InChI=1S/C16H18ClFN2O2/c17-16(22)11-8-15(21)20(10-11)12-4-5-14(13(18)9-12)19-6-2-1-3-7-19/h4-5,9,11H,1-3,6-8,10H2/t11-/m0/s1. The molecule has 2 aliphatic rings. The van der Waals surface area contributed by atoms with Crippen molar-refractivity contribution < 1.29 is 14.0 Å². The number of anilines is 2. The van der Waals surface area contributed by atoms with E-state index < -0.39 is 11.2 Å². The molecule has 118 valence electrons. The van der Waals surface area contributed by atoms with Gasteiger partial charge in [0.2, 0.25) is 11.1 Å². The SMILES string of the molecule is O=C(Cl)[C@H]1CC(=O)N(c2ccc(N3CCCCC3)c(F)c2)C1. The van der Waals surface area contributed by atoms with Crippen LogP contribution in [0.5, 0.6) is 0 Å². The summed E-state index contributed by atoms with van der Waals surface area (Å²) in [6, 6.07) is 4.84. The van der Waals surface area contributed by atoms with Crippen LogP contribution in [0.3, 0.4) is 0 Å². The van der Waals surface area contributed by atoms with Crippen LogP contribution in [0.1, 0.15) is 25.7 Å². The monoisotopic (exact) mass is 324 g/mol. The first-order valence-corrected chi connectivity index (χ1v) is 7.98. The molecule has 0 aromatic heterocycles. The normalized spacial score (nSPS) is 22.3. The van der Waals surface area contributed by atoms with Gasteiger partial charge in [-0.2, -0.15) is 0 Å². The Labute approximate surface area is 133 Å². The second-order valence-corrected chi connectivity index (χ2v) is 6.27. The number of carbonyl (C=O) groups is 2.